The standard InChI is InChI=1S/C14H14FNO4/c1-7-8-5-4-6-9(15)11(8)20-10(7)12(17)16-14(2,3)13(18)19/h4-6H,1-3H3,(H,16,17)(H,18,19). The quantitative estimate of drug-likeness (QED) is 0.904. The highest BCUT2D eigenvalue weighted by molar-refractivity contribution is 6.01. The summed E-state index contributed by atoms with van der Waals surface area (Å²) in [6.07, 6.45) is 0. The maximum absolute atomic E-state index is 13.6. The molecule has 20 heavy (non-hydrogen) atoms. The molecule has 0 aliphatic carbocycles. The zero-order chi connectivity index (χ0) is 15.1. The van der Waals surface area contributed by atoms with Gasteiger partial charge in [0, 0.05) is 10.9 Å². The predicted molar refractivity (Wildman–Crippen MR) is 70.1 cm³/mol. The Balaban J connectivity index is 2.44. The third-order valence-electron chi connectivity index (χ3n) is 3.08. The van der Waals surface area contributed by atoms with Crippen LogP contribution in [0.5, 0.6) is 0 Å². The summed E-state index contributed by atoms with van der Waals surface area (Å²) in [7, 11) is 0. The summed E-state index contributed by atoms with van der Waals surface area (Å²) in [6.45, 7) is 4.32. The first-order chi connectivity index (χ1) is 9.24. The Morgan fingerprint density at radius 2 is 2.00 bits per heavy atom. The fraction of sp³-hybridized carbons (Fsp3) is 0.286. The maximum atomic E-state index is 13.6. The van der Waals surface area contributed by atoms with Crippen LogP contribution in [0.15, 0.2) is 22.6 Å². The molecule has 5 nitrogen and oxygen atoms in total. The van der Waals surface area contributed by atoms with Crippen LogP contribution in [-0.4, -0.2) is 22.5 Å². The van der Waals surface area contributed by atoms with E-state index < -0.39 is 23.2 Å². The minimum absolute atomic E-state index is 0.0109. The molecule has 6 heteroatoms. The number of carboxylic acid groups (broad SMARTS) is 1. The van der Waals surface area contributed by atoms with Crippen LogP contribution in [0.25, 0.3) is 11.0 Å². The molecule has 0 aliphatic heterocycles. The van der Waals surface area contributed by atoms with Crippen LogP contribution in [0.4, 0.5) is 4.39 Å². The lowest BCUT2D eigenvalue weighted by atomic mass is 10.1. The Kier molecular flexibility index (Phi) is 3.25. The van der Waals surface area contributed by atoms with Crippen molar-refractivity contribution < 1.29 is 23.5 Å². The molecule has 0 unspecified atom stereocenters. The second kappa shape index (κ2) is 4.63. The number of furan rings is 1. The third-order valence-corrected chi connectivity index (χ3v) is 3.08. The Bertz CT molecular complexity index is 703. The van der Waals surface area contributed by atoms with Crippen molar-refractivity contribution in [3.63, 3.8) is 0 Å². The van der Waals surface area contributed by atoms with E-state index in [1.54, 1.807) is 13.0 Å². The molecule has 106 valence electrons. The van der Waals surface area contributed by atoms with Crippen LogP contribution in [0.1, 0.15) is 30.0 Å². The number of hydrogen-bond acceptors (Lipinski definition) is 3. The minimum atomic E-state index is -1.44. The Morgan fingerprint density at radius 3 is 2.55 bits per heavy atom. The van der Waals surface area contributed by atoms with Crippen LogP contribution in [0, 0.1) is 12.7 Å². The van der Waals surface area contributed by atoms with Crippen molar-refractivity contribution in [3.8, 4) is 0 Å². The van der Waals surface area contributed by atoms with Gasteiger partial charge in [-0.2, -0.15) is 0 Å². The van der Waals surface area contributed by atoms with Crippen LogP contribution in [-0.2, 0) is 4.79 Å². The Morgan fingerprint density at radius 1 is 1.35 bits per heavy atom. The average Bonchev–Trinajstić information content (AvgIpc) is 2.68. The number of carboxylic acids is 1. The van der Waals surface area contributed by atoms with Crippen molar-refractivity contribution >= 4 is 22.8 Å². The van der Waals surface area contributed by atoms with Gasteiger partial charge in [-0.25, -0.2) is 9.18 Å². The van der Waals surface area contributed by atoms with Gasteiger partial charge in [-0.05, 0) is 26.8 Å². The number of amides is 1. The molecular weight excluding hydrogens is 265 g/mol. The number of fused-ring (bicyclic) bond motifs is 1. The highest BCUT2D eigenvalue weighted by Gasteiger charge is 2.31. The first kappa shape index (κ1) is 14.0. The lowest BCUT2D eigenvalue weighted by molar-refractivity contribution is -0.143. The van der Waals surface area contributed by atoms with Gasteiger partial charge in [-0.3, -0.25) is 4.79 Å². The van der Waals surface area contributed by atoms with Gasteiger partial charge in [-0.1, -0.05) is 12.1 Å². The molecule has 1 aromatic carbocycles. The smallest absolute Gasteiger partial charge is 0.328 e. The van der Waals surface area contributed by atoms with E-state index in [9.17, 15) is 14.0 Å². The Labute approximate surface area is 114 Å². The number of aliphatic carboxylic acids is 1. The second-order valence-electron chi connectivity index (χ2n) is 5.06. The fourth-order valence-electron chi connectivity index (χ4n) is 1.82. The molecule has 0 aliphatic rings. The van der Waals surface area contributed by atoms with Gasteiger partial charge in [0.15, 0.2) is 17.2 Å². The number of halogens is 1. The number of carbonyl (C=O) groups is 2. The number of nitrogens with one attached hydrogen (secondary N) is 1. The van der Waals surface area contributed by atoms with Crippen molar-refractivity contribution in [3.05, 3.63) is 35.3 Å². The van der Waals surface area contributed by atoms with Crippen LogP contribution >= 0.6 is 0 Å². The van der Waals surface area contributed by atoms with E-state index in [4.69, 9.17) is 9.52 Å². The lowest BCUT2D eigenvalue weighted by Gasteiger charge is -2.20. The van der Waals surface area contributed by atoms with E-state index in [1.165, 1.54) is 26.0 Å². The van der Waals surface area contributed by atoms with Crippen molar-refractivity contribution in [2.24, 2.45) is 0 Å². The molecule has 2 rings (SSSR count). The number of rotatable bonds is 3. The van der Waals surface area contributed by atoms with Gasteiger partial charge in [0.05, 0.1) is 0 Å². The highest BCUT2D eigenvalue weighted by Crippen LogP contribution is 2.27. The molecule has 1 heterocycles. The van der Waals surface area contributed by atoms with E-state index in [1.807, 2.05) is 0 Å². The fourth-order valence-corrected chi connectivity index (χ4v) is 1.82. The van der Waals surface area contributed by atoms with Crippen molar-refractivity contribution in [1.29, 1.82) is 0 Å². The molecule has 0 bridgehead atoms. The molecule has 2 aromatic rings. The summed E-state index contributed by atoms with van der Waals surface area (Å²) in [4.78, 5) is 23.1. The zero-order valence-corrected chi connectivity index (χ0v) is 11.3. The van der Waals surface area contributed by atoms with Crippen LogP contribution < -0.4 is 5.32 Å². The molecule has 0 fully saturated rings. The first-order valence-corrected chi connectivity index (χ1v) is 5.97. The van der Waals surface area contributed by atoms with Gasteiger partial charge in [-0.15, -0.1) is 0 Å². The van der Waals surface area contributed by atoms with Gasteiger partial charge >= 0.3 is 5.97 Å². The third kappa shape index (κ3) is 2.24. The summed E-state index contributed by atoms with van der Waals surface area (Å²) < 4.78 is 18.8. The van der Waals surface area contributed by atoms with E-state index in [0.29, 0.717) is 10.9 Å². The summed E-state index contributed by atoms with van der Waals surface area (Å²) in [6, 6.07) is 4.38. The molecule has 0 atom stereocenters. The normalized spacial score (nSPS) is 11.6. The monoisotopic (exact) mass is 279 g/mol. The molecule has 2 N–H and O–H groups in total. The number of benzene rings is 1. The van der Waals surface area contributed by atoms with Crippen LogP contribution in [0.2, 0.25) is 0 Å². The minimum Gasteiger partial charge on any atom is -0.480 e. The van der Waals surface area contributed by atoms with Crippen molar-refractivity contribution in [1.82, 2.24) is 5.32 Å². The lowest BCUT2D eigenvalue weighted by Crippen LogP contribution is -2.49. The van der Waals surface area contributed by atoms with Crippen LogP contribution in [0.3, 0.4) is 0 Å². The molecule has 1 aromatic heterocycles. The number of hydrogen-bond donors (Lipinski definition) is 2. The number of para-hydroxylation sites is 1. The highest BCUT2D eigenvalue weighted by atomic mass is 19.1. The van der Waals surface area contributed by atoms with Gasteiger partial charge in [0.25, 0.3) is 5.91 Å². The largest absolute Gasteiger partial charge is 0.480 e. The van der Waals surface area contributed by atoms with Crippen molar-refractivity contribution in [2.75, 3.05) is 0 Å². The Hall–Kier alpha value is -2.37. The summed E-state index contributed by atoms with van der Waals surface area (Å²) in [5, 5.41) is 11.8. The number of carbonyl (C=O) groups excluding carboxylic acids is 1. The molecule has 0 radical (unpaired) electrons. The van der Waals surface area contributed by atoms with Crippen molar-refractivity contribution in [2.45, 2.75) is 26.3 Å². The molecule has 0 saturated heterocycles. The van der Waals surface area contributed by atoms with E-state index in [-0.39, 0.29) is 11.3 Å². The number of aryl methyl sites for hydroxylation is 1. The first-order valence-electron chi connectivity index (χ1n) is 5.97. The zero-order valence-electron chi connectivity index (χ0n) is 11.3. The summed E-state index contributed by atoms with van der Waals surface area (Å²) in [5.41, 5.74) is -0.984. The summed E-state index contributed by atoms with van der Waals surface area (Å²) >= 11 is 0. The predicted octanol–water partition coefficient (Wildman–Crippen LogP) is 2.47. The second-order valence-corrected chi connectivity index (χ2v) is 5.06. The topological polar surface area (TPSA) is 79.5 Å². The molecule has 0 spiro atoms. The van der Waals surface area contributed by atoms with E-state index in [0.717, 1.165) is 0 Å². The maximum Gasteiger partial charge on any atom is 0.328 e. The van der Waals surface area contributed by atoms with Gasteiger partial charge < -0.3 is 14.8 Å². The van der Waals surface area contributed by atoms with Gasteiger partial charge in [0.2, 0.25) is 0 Å². The molecular formula is C14H14FNO4. The van der Waals surface area contributed by atoms with E-state index >= 15 is 0 Å². The SMILES string of the molecule is Cc1c(C(=O)NC(C)(C)C(=O)O)oc2c(F)cccc12. The average molecular weight is 279 g/mol. The molecule has 1 amide bonds. The molecule has 0 saturated carbocycles. The van der Waals surface area contributed by atoms with Gasteiger partial charge in [0.1, 0.15) is 5.54 Å². The van der Waals surface area contributed by atoms with E-state index in [2.05, 4.69) is 5.32 Å². The summed E-state index contributed by atoms with van der Waals surface area (Å²) in [5.74, 6) is -2.52.